The summed E-state index contributed by atoms with van der Waals surface area (Å²) in [7, 11) is 0. The van der Waals surface area contributed by atoms with Crippen LogP contribution in [0.3, 0.4) is 0 Å². The summed E-state index contributed by atoms with van der Waals surface area (Å²) in [5, 5.41) is 6.92. The van der Waals surface area contributed by atoms with Gasteiger partial charge in [-0.05, 0) is 45.6 Å². The van der Waals surface area contributed by atoms with Gasteiger partial charge in [0.15, 0.2) is 0 Å². The molecule has 1 aromatic rings. The first-order valence-corrected chi connectivity index (χ1v) is 9.89. The van der Waals surface area contributed by atoms with E-state index in [4.69, 9.17) is 9.57 Å². The second-order valence-electron chi connectivity index (χ2n) is 8.27. The zero-order chi connectivity index (χ0) is 20.1. The molecule has 3 rings (SSSR count). The van der Waals surface area contributed by atoms with Gasteiger partial charge in [0.1, 0.15) is 5.60 Å². The molecule has 1 N–H and O–H groups in total. The van der Waals surface area contributed by atoms with Crippen molar-refractivity contribution in [1.29, 1.82) is 0 Å². The molecule has 28 heavy (non-hydrogen) atoms. The Hall–Kier alpha value is -2.57. The highest BCUT2D eigenvalue weighted by atomic mass is 16.6. The van der Waals surface area contributed by atoms with E-state index in [2.05, 4.69) is 10.5 Å². The third-order valence-electron chi connectivity index (χ3n) is 4.84. The maximum atomic E-state index is 13.0. The topological polar surface area (TPSA) is 80.2 Å². The van der Waals surface area contributed by atoms with Crippen molar-refractivity contribution in [3.05, 3.63) is 35.9 Å². The van der Waals surface area contributed by atoms with Gasteiger partial charge < -0.3 is 19.8 Å². The minimum Gasteiger partial charge on any atom is -0.444 e. The minimum absolute atomic E-state index is 0.0573. The number of oxime groups is 1. The molecule has 2 amide bonds. The predicted octanol–water partition coefficient (Wildman–Crippen LogP) is 3.09. The maximum absolute atomic E-state index is 13.0. The summed E-state index contributed by atoms with van der Waals surface area (Å²) in [4.78, 5) is 32.3. The third kappa shape index (κ3) is 5.24. The SMILES string of the molecule is CC(C)(C)OC(=O)NCC1CCCCN1C(=O)C1CC(c2ccccc2)=NO1. The average Bonchev–Trinajstić information content (AvgIpc) is 3.16. The van der Waals surface area contributed by atoms with E-state index in [0.29, 0.717) is 19.5 Å². The van der Waals surface area contributed by atoms with Crippen LogP contribution in [0.25, 0.3) is 0 Å². The molecule has 0 aliphatic carbocycles. The lowest BCUT2D eigenvalue weighted by Crippen LogP contribution is -2.52. The molecule has 2 unspecified atom stereocenters. The molecule has 0 saturated carbocycles. The summed E-state index contributed by atoms with van der Waals surface area (Å²) in [5.41, 5.74) is 1.22. The largest absolute Gasteiger partial charge is 0.444 e. The molecule has 7 nitrogen and oxygen atoms in total. The number of piperidine rings is 1. The Balaban J connectivity index is 1.56. The lowest BCUT2D eigenvalue weighted by atomic mass is 9.99. The van der Waals surface area contributed by atoms with Gasteiger partial charge in [-0.3, -0.25) is 4.79 Å². The lowest BCUT2D eigenvalue weighted by Gasteiger charge is -2.36. The van der Waals surface area contributed by atoms with Crippen molar-refractivity contribution in [1.82, 2.24) is 10.2 Å². The van der Waals surface area contributed by atoms with Gasteiger partial charge in [0, 0.05) is 25.6 Å². The fraction of sp³-hybridized carbons (Fsp3) is 0.571. The van der Waals surface area contributed by atoms with Crippen LogP contribution in [0.5, 0.6) is 0 Å². The fourth-order valence-corrected chi connectivity index (χ4v) is 3.51. The van der Waals surface area contributed by atoms with Crippen LogP contribution in [-0.2, 0) is 14.4 Å². The summed E-state index contributed by atoms with van der Waals surface area (Å²) in [5.74, 6) is -0.0645. The quantitative estimate of drug-likeness (QED) is 0.861. The Labute approximate surface area is 166 Å². The van der Waals surface area contributed by atoms with Crippen LogP contribution >= 0.6 is 0 Å². The summed E-state index contributed by atoms with van der Waals surface area (Å²) < 4.78 is 5.29. The summed E-state index contributed by atoms with van der Waals surface area (Å²) in [6, 6.07) is 9.69. The van der Waals surface area contributed by atoms with Crippen LogP contribution in [0.4, 0.5) is 4.79 Å². The molecule has 2 aliphatic heterocycles. The molecule has 0 bridgehead atoms. The number of carbonyl (C=O) groups excluding carboxylic acids is 2. The Morgan fingerprint density at radius 1 is 1.25 bits per heavy atom. The van der Waals surface area contributed by atoms with Crippen LogP contribution in [0.2, 0.25) is 0 Å². The number of alkyl carbamates (subject to hydrolysis) is 1. The van der Waals surface area contributed by atoms with E-state index in [1.807, 2.05) is 56.0 Å². The van der Waals surface area contributed by atoms with Gasteiger partial charge >= 0.3 is 6.09 Å². The Morgan fingerprint density at radius 2 is 2.00 bits per heavy atom. The molecule has 2 atom stereocenters. The Morgan fingerprint density at radius 3 is 2.71 bits per heavy atom. The van der Waals surface area contributed by atoms with Crippen molar-refractivity contribution >= 4 is 17.7 Å². The minimum atomic E-state index is -0.600. The average molecular weight is 387 g/mol. The number of likely N-dealkylation sites (tertiary alicyclic amines) is 1. The van der Waals surface area contributed by atoms with Gasteiger partial charge in [-0.15, -0.1) is 0 Å². The van der Waals surface area contributed by atoms with Crippen LogP contribution in [0.15, 0.2) is 35.5 Å². The lowest BCUT2D eigenvalue weighted by molar-refractivity contribution is -0.145. The highest BCUT2D eigenvalue weighted by molar-refractivity contribution is 6.04. The first-order chi connectivity index (χ1) is 13.3. The molecule has 0 spiro atoms. The van der Waals surface area contributed by atoms with E-state index in [-0.39, 0.29) is 11.9 Å². The number of ether oxygens (including phenoxy) is 1. The molecular formula is C21H29N3O4. The van der Waals surface area contributed by atoms with Gasteiger partial charge in [-0.1, -0.05) is 35.5 Å². The van der Waals surface area contributed by atoms with E-state index in [9.17, 15) is 9.59 Å². The van der Waals surface area contributed by atoms with E-state index >= 15 is 0 Å². The predicted molar refractivity (Wildman–Crippen MR) is 106 cm³/mol. The maximum Gasteiger partial charge on any atom is 0.407 e. The van der Waals surface area contributed by atoms with Crippen LogP contribution < -0.4 is 5.32 Å². The monoisotopic (exact) mass is 387 g/mol. The first kappa shape index (κ1) is 20.2. The molecule has 2 heterocycles. The number of amides is 2. The zero-order valence-electron chi connectivity index (χ0n) is 16.8. The zero-order valence-corrected chi connectivity index (χ0v) is 16.8. The number of hydrogen-bond donors (Lipinski definition) is 1. The van der Waals surface area contributed by atoms with Gasteiger partial charge in [0.25, 0.3) is 5.91 Å². The molecule has 1 aromatic carbocycles. The molecule has 1 saturated heterocycles. The molecule has 0 radical (unpaired) electrons. The third-order valence-corrected chi connectivity index (χ3v) is 4.84. The Kier molecular flexibility index (Phi) is 6.21. The van der Waals surface area contributed by atoms with Crippen molar-refractivity contribution in [2.24, 2.45) is 5.16 Å². The molecule has 7 heteroatoms. The van der Waals surface area contributed by atoms with Crippen molar-refractivity contribution < 1.29 is 19.2 Å². The number of benzene rings is 1. The summed E-state index contributed by atoms with van der Waals surface area (Å²) in [6.45, 7) is 6.51. The molecule has 0 aromatic heterocycles. The second kappa shape index (κ2) is 8.63. The van der Waals surface area contributed by atoms with Crippen molar-refractivity contribution in [3.63, 3.8) is 0 Å². The number of hydrogen-bond acceptors (Lipinski definition) is 5. The number of nitrogens with zero attached hydrogens (tertiary/aromatic N) is 2. The first-order valence-electron chi connectivity index (χ1n) is 9.89. The van der Waals surface area contributed by atoms with Gasteiger partial charge in [-0.2, -0.15) is 0 Å². The number of carbonyl (C=O) groups is 2. The normalized spacial score (nSPS) is 22.2. The summed E-state index contributed by atoms with van der Waals surface area (Å²) >= 11 is 0. The van der Waals surface area contributed by atoms with Crippen LogP contribution in [-0.4, -0.2) is 53.4 Å². The van der Waals surface area contributed by atoms with Gasteiger partial charge in [-0.25, -0.2) is 4.79 Å². The number of nitrogens with one attached hydrogen (secondary N) is 1. The van der Waals surface area contributed by atoms with Crippen LogP contribution in [0.1, 0.15) is 52.0 Å². The second-order valence-corrected chi connectivity index (χ2v) is 8.27. The van der Waals surface area contributed by atoms with E-state index < -0.39 is 17.8 Å². The highest BCUT2D eigenvalue weighted by Gasteiger charge is 2.36. The van der Waals surface area contributed by atoms with E-state index in [0.717, 1.165) is 30.5 Å². The van der Waals surface area contributed by atoms with Gasteiger partial charge in [0.2, 0.25) is 6.10 Å². The standard InChI is InChI=1S/C21H29N3O4/c1-21(2,3)27-20(26)22-14-16-11-7-8-12-24(16)19(25)18-13-17(23-28-18)15-9-5-4-6-10-15/h4-6,9-10,16,18H,7-8,11-14H2,1-3H3,(H,22,26). The summed E-state index contributed by atoms with van der Waals surface area (Å²) in [6.07, 6.45) is 2.23. The van der Waals surface area contributed by atoms with Crippen LogP contribution in [0, 0.1) is 0 Å². The molecule has 152 valence electrons. The fourth-order valence-electron chi connectivity index (χ4n) is 3.51. The van der Waals surface area contributed by atoms with Crippen molar-refractivity contribution in [2.45, 2.75) is 64.2 Å². The molecule has 2 aliphatic rings. The van der Waals surface area contributed by atoms with Crippen molar-refractivity contribution in [3.8, 4) is 0 Å². The molecular weight excluding hydrogens is 358 g/mol. The van der Waals surface area contributed by atoms with E-state index in [1.54, 1.807) is 0 Å². The molecule has 1 fully saturated rings. The van der Waals surface area contributed by atoms with Crippen molar-refractivity contribution in [2.75, 3.05) is 13.1 Å². The Bertz CT molecular complexity index is 727. The smallest absolute Gasteiger partial charge is 0.407 e. The number of rotatable bonds is 4. The van der Waals surface area contributed by atoms with Gasteiger partial charge in [0.05, 0.1) is 5.71 Å². The highest BCUT2D eigenvalue weighted by Crippen LogP contribution is 2.23. The van der Waals surface area contributed by atoms with E-state index in [1.165, 1.54) is 0 Å².